The van der Waals surface area contributed by atoms with E-state index >= 15 is 0 Å². The van der Waals surface area contributed by atoms with Crippen molar-refractivity contribution in [3.8, 4) is 6.07 Å². The fourth-order valence-corrected chi connectivity index (χ4v) is 3.04. The van der Waals surface area contributed by atoms with Gasteiger partial charge in [-0.3, -0.25) is 4.79 Å². The van der Waals surface area contributed by atoms with Crippen LogP contribution in [0.25, 0.3) is 0 Å². The van der Waals surface area contributed by atoms with E-state index in [4.69, 9.17) is 10.00 Å². The van der Waals surface area contributed by atoms with Gasteiger partial charge in [-0.1, -0.05) is 26.0 Å². The Morgan fingerprint density at radius 2 is 1.73 bits per heavy atom. The lowest BCUT2D eigenvalue weighted by Crippen LogP contribution is -2.14. The second-order valence-electron chi connectivity index (χ2n) is 6.63. The first-order chi connectivity index (χ1) is 12.2. The zero-order valence-corrected chi connectivity index (χ0v) is 14.3. The van der Waals surface area contributed by atoms with Crippen LogP contribution in [0.5, 0.6) is 0 Å². The van der Waals surface area contributed by atoms with Crippen LogP contribution in [0.2, 0.25) is 0 Å². The maximum Gasteiger partial charge on any atom is 0.310 e. The molecular formula is C19H17F4NO2. The van der Waals surface area contributed by atoms with Crippen molar-refractivity contribution in [2.75, 3.05) is 0 Å². The zero-order valence-electron chi connectivity index (χ0n) is 14.3. The van der Waals surface area contributed by atoms with E-state index in [1.54, 1.807) is 19.9 Å². The SMILES string of the molecule is C=CCc1c(F)c(F)c(COC(=O)C2C(C=CC#N)C2(C)C)c(F)c1F. The number of ether oxygens (including phenoxy) is 1. The maximum atomic E-state index is 14.0. The van der Waals surface area contributed by atoms with Gasteiger partial charge in [-0.05, 0) is 17.8 Å². The fraction of sp³-hybridized carbons (Fsp3) is 0.368. The standard InChI is InChI=1S/C19H17F4NO2/c1-4-6-10-14(20)16(22)11(17(23)15(10)21)9-26-18(25)13-12(7-5-8-24)19(13,2)3/h4-5,7,12-13H,1,6,9H2,2-3H3. The van der Waals surface area contributed by atoms with Crippen molar-refractivity contribution in [1.29, 1.82) is 5.26 Å². The number of hydrogen-bond donors (Lipinski definition) is 0. The smallest absolute Gasteiger partial charge is 0.310 e. The molecule has 0 saturated heterocycles. The van der Waals surface area contributed by atoms with Crippen molar-refractivity contribution < 1.29 is 27.1 Å². The third kappa shape index (κ3) is 3.36. The molecule has 0 N–H and O–H groups in total. The van der Waals surface area contributed by atoms with Crippen LogP contribution in [0.1, 0.15) is 25.0 Å². The van der Waals surface area contributed by atoms with E-state index in [1.807, 2.05) is 6.07 Å². The molecule has 1 aromatic rings. The number of halogens is 4. The molecule has 3 nitrogen and oxygen atoms in total. The summed E-state index contributed by atoms with van der Waals surface area (Å²) in [6.45, 7) is 5.89. The number of carbonyl (C=O) groups excluding carboxylic acids is 1. The molecule has 0 bridgehead atoms. The van der Waals surface area contributed by atoms with Crippen LogP contribution in [0.3, 0.4) is 0 Å². The molecule has 0 aliphatic heterocycles. The fourth-order valence-electron chi connectivity index (χ4n) is 3.04. The number of nitrogens with zero attached hydrogens (tertiary/aromatic N) is 1. The Hall–Kier alpha value is -2.62. The van der Waals surface area contributed by atoms with Gasteiger partial charge in [-0.15, -0.1) is 6.58 Å². The minimum Gasteiger partial charge on any atom is -0.460 e. The van der Waals surface area contributed by atoms with E-state index in [0.29, 0.717) is 0 Å². The molecular weight excluding hydrogens is 350 g/mol. The van der Waals surface area contributed by atoms with Gasteiger partial charge < -0.3 is 4.74 Å². The topological polar surface area (TPSA) is 50.1 Å². The molecule has 138 valence electrons. The van der Waals surface area contributed by atoms with Crippen molar-refractivity contribution in [3.05, 3.63) is 59.2 Å². The van der Waals surface area contributed by atoms with Gasteiger partial charge in [0, 0.05) is 11.6 Å². The second kappa shape index (κ2) is 7.32. The van der Waals surface area contributed by atoms with Gasteiger partial charge in [-0.2, -0.15) is 5.26 Å². The van der Waals surface area contributed by atoms with Crippen LogP contribution < -0.4 is 0 Å². The van der Waals surface area contributed by atoms with Crippen molar-refractivity contribution >= 4 is 5.97 Å². The lowest BCUT2D eigenvalue weighted by molar-refractivity contribution is -0.147. The summed E-state index contributed by atoms with van der Waals surface area (Å²) in [5, 5.41) is 8.55. The van der Waals surface area contributed by atoms with Crippen molar-refractivity contribution in [2.24, 2.45) is 17.3 Å². The van der Waals surface area contributed by atoms with Crippen molar-refractivity contribution in [2.45, 2.75) is 26.9 Å². The lowest BCUT2D eigenvalue weighted by Gasteiger charge is -2.12. The molecule has 2 atom stereocenters. The Morgan fingerprint density at radius 3 is 2.23 bits per heavy atom. The number of hydrogen-bond acceptors (Lipinski definition) is 3. The van der Waals surface area contributed by atoms with E-state index in [0.717, 1.165) is 6.08 Å². The molecule has 1 aromatic carbocycles. The molecule has 1 aliphatic carbocycles. The summed E-state index contributed by atoms with van der Waals surface area (Å²) in [6, 6.07) is 1.81. The Bertz CT molecular complexity index is 795. The summed E-state index contributed by atoms with van der Waals surface area (Å²) in [5.41, 5.74) is -2.23. The zero-order chi connectivity index (χ0) is 19.6. The van der Waals surface area contributed by atoms with Crippen LogP contribution >= 0.6 is 0 Å². The normalized spacial score (nSPS) is 20.7. The Morgan fingerprint density at radius 1 is 1.19 bits per heavy atom. The van der Waals surface area contributed by atoms with Crippen LogP contribution in [0, 0.1) is 51.9 Å². The molecule has 0 radical (unpaired) electrons. The first-order valence-electron chi connectivity index (χ1n) is 7.85. The van der Waals surface area contributed by atoms with Gasteiger partial charge in [0.25, 0.3) is 0 Å². The predicted molar refractivity (Wildman–Crippen MR) is 85.5 cm³/mol. The largest absolute Gasteiger partial charge is 0.460 e. The van der Waals surface area contributed by atoms with Crippen LogP contribution in [0.15, 0.2) is 24.8 Å². The highest BCUT2D eigenvalue weighted by molar-refractivity contribution is 5.78. The Balaban J connectivity index is 2.18. The highest BCUT2D eigenvalue weighted by atomic mass is 19.2. The van der Waals surface area contributed by atoms with E-state index in [-0.39, 0.29) is 12.3 Å². The number of rotatable bonds is 6. The third-order valence-corrected chi connectivity index (χ3v) is 4.70. The predicted octanol–water partition coefficient (Wildman–Crippen LogP) is 4.37. The number of carbonyl (C=O) groups is 1. The Kier molecular flexibility index (Phi) is 5.55. The molecule has 1 saturated carbocycles. The van der Waals surface area contributed by atoms with Gasteiger partial charge in [0.05, 0.1) is 17.6 Å². The monoisotopic (exact) mass is 367 g/mol. The minimum absolute atomic E-state index is 0.257. The lowest BCUT2D eigenvalue weighted by atomic mass is 10.1. The average molecular weight is 367 g/mol. The highest BCUT2D eigenvalue weighted by Crippen LogP contribution is 2.59. The third-order valence-electron chi connectivity index (χ3n) is 4.70. The average Bonchev–Trinajstić information content (AvgIpc) is 3.15. The van der Waals surface area contributed by atoms with Crippen LogP contribution in [0.4, 0.5) is 17.6 Å². The number of nitriles is 1. The molecule has 26 heavy (non-hydrogen) atoms. The van der Waals surface area contributed by atoms with E-state index in [2.05, 4.69) is 6.58 Å². The van der Waals surface area contributed by atoms with E-state index < -0.39 is 58.3 Å². The minimum atomic E-state index is -1.59. The van der Waals surface area contributed by atoms with Gasteiger partial charge in [0.15, 0.2) is 23.3 Å². The first kappa shape index (κ1) is 19.7. The summed E-state index contributed by atoms with van der Waals surface area (Å²) in [6.07, 6.45) is 3.53. The van der Waals surface area contributed by atoms with Gasteiger partial charge in [0.1, 0.15) is 6.61 Å². The molecule has 2 unspecified atom stereocenters. The first-order valence-corrected chi connectivity index (χ1v) is 7.85. The molecule has 7 heteroatoms. The van der Waals surface area contributed by atoms with Crippen molar-refractivity contribution in [1.82, 2.24) is 0 Å². The summed E-state index contributed by atoms with van der Waals surface area (Å²) in [5.74, 6) is -7.86. The van der Waals surface area contributed by atoms with Gasteiger partial charge in [-0.25, -0.2) is 17.6 Å². The molecule has 0 aromatic heterocycles. The molecule has 1 fully saturated rings. The highest BCUT2D eigenvalue weighted by Gasteiger charge is 2.61. The second-order valence-corrected chi connectivity index (χ2v) is 6.63. The molecule has 1 aliphatic rings. The number of benzene rings is 1. The number of esters is 1. The Labute approximate surface area is 148 Å². The van der Waals surface area contributed by atoms with E-state index in [9.17, 15) is 22.4 Å². The van der Waals surface area contributed by atoms with Crippen LogP contribution in [-0.2, 0) is 22.6 Å². The van der Waals surface area contributed by atoms with E-state index in [1.165, 1.54) is 6.08 Å². The summed E-state index contributed by atoms with van der Waals surface area (Å²) >= 11 is 0. The summed E-state index contributed by atoms with van der Waals surface area (Å²) in [7, 11) is 0. The maximum absolute atomic E-state index is 14.0. The molecule has 2 rings (SSSR count). The molecule has 0 amide bonds. The summed E-state index contributed by atoms with van der Waals surface area (Å²) < 4.78 is 60.7. The molecule has 0 heterocycles. The van der Waals surface area contributed by atoms with Gasteiger partial charge in [0.2, 0.25) is 0 Å². The van der Waals surface area contributed by atoms with Gasteiger partial charge >= 0.3 is 5.97 Å². The van der Waals surface area contributed by atoms with Crippen molar-refractivity contribution in [3.63, 3.8) is 0 Å². The summed E-state index contributed by atoms with van der Waals surface area (Å²) in [4.78, 5) is 12.1. The quantitative estimate of drug-likeness (QED) is 0.247. The van der Waals surface area contributed by atoms with Crippen LogP contribution in [-0.4, -0.2) is 5.97 Å². The number of allylic oxidation sites excluding steroid dienone is 3. The molecule has 0 spiro atoms.